The van der Waals surface area contributed by atoms with Gasteiger partial charge in [0.1, 0.15) is 0 Å². The molecule has 3 atom stereocenters. The Bertz CT molecular complexity index is 117. The van der Waals surface area contributed by atoms with Crippen molar-refractivity contribution in [3.63, 3.8) is 0 Å². The summed E-state index contributed by atoms with van der Waals surface area (Å²) in [5.41, 5.74) is 0. The molecule has 3 unspecified atom stereocenters. The fraction of sp³-hybridized carbons (Fsp3) is 1.00. The van der Waals surface area contributed by atoms with Crippen LogP contribution < -0.4 is 0 Å². The molecule has 0 bridgehead atoms. The summed E-state index contributed by atoms with van der Waals surface area (Å²) < 4.78 is 58.9. The van der Waals surface area contributed by atoms with Gasteiger partial charge >= 0.3 is 0 Å². The summed E-state index contributed by atoms with van der Waals surface area (Å²) in [5.74, 6) is 0. The van der Waals surface area contributed by atoms with E-state index in [1.54, 1.807) is 0 Å². The molecule has 12 heavy (non-hydrogen) atoms. The SMILES string of the molecule is OC(O)C(F)C(F)C(F)C(F)F. The second-order valence-corrected chi connectivity index (χ2v) is 2.08. The Morgan fingerprint density at radius 2 is 1.08 bits per heavy atom. The highest BCUT2D eigenvalue weighted by atomic mass is 19.3. The van der Waals surface area contributed by atoms with Gasteiger partial charge in [-0.1, -0.05) is 0 Å². The summed E-state index contributed by atoms with van der Waals surface area (Å²) in [6.07, 6.45) is -16.1. The standard InChI is InChI=1S/C5H7F5O2/c6-1(2(7)4(9)10)3(8)5(11)12/h1-5,11-12H. The zero-order valence-corrected chi connectivity index (χ0v) is 5.67. The predicted octanol–water partition coefficient (Wildman–Crippen LogP) is 0.577. The summed E-state index contributed by atoms with van der Waals surface area (Å²) in [6, 6.07) is 0. The molecule has 7 heteroatoms. The Morgan fingerprint density at radius 3 is 1.33 bits per heavy atom. The first kappa shape index (κ1) is 11.6. The van der Waals surface area contributed by atoms with Crippen molar-refractivity contribution in [2.45, 2.75) is 31.2 Å². The van der Waals surface area contributed by atoms with Gasteiger partial charge in [-0.05, 0) is 0 Å². The molecule has 0 radical (unpaired) electrons. The number of aliphatic hydroxyl groups excluding tert-OH is 1. The van der Waals surface area contributed by atoms with Crippen molar-refractivity contribution in [3.8, 4) is 0 Å². The average Bonchev–Trinajstić information content (AvgIpc) is 2.00. The maximum Gasteiger partial charge on any atom is 0.272 e. The Balaban J connectivity index is 4.08. The van der Waals surface area contributed by atoms with E-state index in [1.165, 1.54) is 0 Å². The number of aliphatic hydroxyl groups is 2. The minimum absolute atomic E-state index is 2.79. The molecule has 0 spiro atoms. The number of alkyl halides is 5. The van der Waals surface area contributed by atoms with Gasteiger partial charge in [0.25, 0.3) is 6.43 Å². The van der Waals surface area contributed by atoms with Gasteiger partial charge in [-0.2, -0.15) is 0 Å². The average molecular weight is 194 g/mol. The summed E-state index contributed by atoms with van der Waals surface area (Å²) in [6.45, 7) is 0. The first-order chi connectivity index (χ1) is 5.37. The van der Waals surface area contributed by atoms with Gasteiger partial charge in [0.15, 0.2) is 24.8 Å². The van der Waals surface area contributed by atoms with Gasteiger partial charge in [-0.15, -0.1) is 0 Å². The molecule has 0 amide bonds. The van der Waals surface area contributed by atoms with Crippen LogP contribution in [0.25, 0.3) is 0 Å². The highest BCUT2D eigenvalue weighted by molar-refractivity contribution is 4.79. The highest BCUT2D eigenvalue weighted by Gasteiger charge is 2.39. The van der Waals surface area contributed by atoms with Gasteiger partial charge < -0.3 is 10.2 Å². The largest absolute Gasteiger partial charge is 0.366 e. The van der Waals surface area contributed by atoms with Crippen LogP contribution in [0.3, 0.4) is 0 Å². The van der Waals surface area contributed by atoms with Gasteiger partial charge in [0.2, 0.25) is 0 Å². The minimum Gasteiger partial charge on any atom is -0.366 e. The molecule has 0 aromatic rings. The van der Waals surface area contributed by atoms with Gasteiger partial charge in [0, 0.05) is 0 Å². The quantitative estimate of drug-likeness (QED) is 0.507. The summed E-state index contributed by atoms with van der Waals surface area (Å²) in [4.78, 5) is 0. The molecule has 2 N–H and O–H groups in total. The maximum atomic E-state index is 12.1. The fourth-order valence-corrected chi connectivity index (χ4v) is 0.479. The Hall–Kier alpha value is -0.430. The lowest BCUT2D eigenvalue weighted by Gasteiger charge is -2.17. The van der Waals surface area contributed by atoms with E-state index < -0.39 is 31.2 Å². The third kappa shape index (κ3) is 2.90. The normalized spacial score (nSPS) is 19.8. The highest BCUT2D eigenvalue weighted by Crippen LogP contribution is 2.19. The monoisotopic (exact) mass is 194 g/mol. The molecule has 0 saturated heterocycles. The first-order valence-electron chi connectivity index (χ1n) is 2.94. The van der Waals surface area contributed by atoms with Crippen molar-refractivity contribution in [2.75, 3.05) is 0 Å². The fourth-order valence-electron chi connectivity index (χ4n) is 0.479. The van der Waals surface area contributed by atoms with Crippen molar-refractivity contribution in [3.05, 3.63) is 0 Å². The van der Waals surface area contributed by atoms with Gasteiger partial charge in [0.05, 0.1) is 0 Å². The number of rotatable bonds is 4. The van der Waals surface area contributed by atoms with Crippen LogP contribution >= 0.6 is 0 Å². The zero-order valence-electron chi connectivity index (χ0n) is 5.67. The Kier molecular flexibility index (Phi) is 4.40. The molecule has 0 saturated carbocycles. The van der Waals surface area contributed by atoms with Crippen LogP contribution in [0.2, 0.25) is 0 Å². The summed E-state index contributed by atoms with van der Waals surface area (Å²) in [7, 11) is 0. The van der Waals surface area contributed by atoms with E-state index in [1.807, 2.05) is 0 Å². The van der Waals surface area contributed by atoms with Crippen molar-refractivity contribution in [1.82, 2.24) is 0 Å². The molecule has 0 heterocycles. The first-order valence-corrected chi connectivity index (χ1v) is 2.94. The van der Waals surface area contributed by atoms with Gasteiger partial charge in [-0.3, -0.25) is 0 Å². The van der Waals surface area contributed by atoms with Crippen molar-refractivity contribution in [2.24, 2.45) is 0 Å². The van der Waals surface area contributed by atoms with E-state index in [0.717, 1.165) is 0 Å². The minimum atomic E-state index is -3.68. The van der Waals surface area contributed by atoms with Crippen molar-refractivity contribution >= 4 is 0 Å². The second kappa shape index (κ2) is 4.56. The molecule has 74 valence electrons. The third-order valence-electron chi connectivity index (χ3n) is 1.13. The molecule has 0 fully saturated rings. The van der Waals surface area contributed by atoms with Gasteiger partial charge in [-0.25, -0.2) is 22.0 Å². The predicted molar refractivity (Wildman–Crippen MR) is 28.9 cm³/mol. The lowest BCUT2D eigenvalue weighted by atomic mass is 10.1. The van der Waals surface area contributed by atoms with E-state index in [4.69, 9.17) is 10.2 Å². The maximum absolute atomic E-state index is 12.1. The van der Waals surface area contributed by atoms with E-state index in [0.29, 0.717) is 0 Å². The van der Waals surface area contributed by atoms with Crippen LogP contribution in [-0.4, -0.2) is 41.4 Å². The summed E-state index contributed by atoms with van der Waals surface area (Å²) in [5, 5.41) is 15.9. The molecule has 0 aromatic carbocycles. The topological polar surface area (TPSA) is 40.5 Å². The second-order valence-electron chi connectivity index (χ2n) is 2.08. The van der Waals surface area contributed by atoms with E-state index in [2.05, 4.69) is 0 Å². The molecule has 2 nitrogen and oxygen atoms in total. The molecular weight excluding hydrogens is 187 g/mol. The van der Waals surface area contributed by atoms with Crippen LogP contribution in [0.5, 0.6) is 0 Å². The van der Waals surface area contributed by atoms with E-state index >= 15 is 0 Å². The molecule has 0 aliphatic carbocycles. The molecule has 0 aliphatic rings. The smallest absolute Gasteiger partial charge is 0.272 e. The van der Waals surface area contributed by atoms with Crippen LogP contribution in [0.15, 0.2) is 0 Å². The Morgan fingerprint density at radius 1 is 0.667 bits per heavy atom. The number of hydrogen-bond donors (Lipinski definition) is 2. The van der Waals surface area contributed by atoms with Crippen LogP contribution in [0, 0.1) is 0 Å². The van der Waals surface area contributed by atoms with Crippen LogP contribution in [0.4, 0.5) is 22.0 Å². The lowest BCUT2D eigenvalue weighted by Crippen LogP contribution is -2.39. The Labute approximate surface area is 64.6 Å². The zero-order chi connectivity index (χ0) is 9.89. The van der Waals surface area contributed by atoms with E-state index in [-0.39, 0.29) is 0 Å². The third-order valence-corrected chi connectivity index (χ3v) is 1.13. The molecular formula is C5H7F5O2. The molecule has 0 aromatic heterocycles. The van der Waals surface area contributed by atoms with Crippen molar-refractivity contribution < 1.29 is 32.2 Å². The molecule has 0 rings (SSSR count). The lowest BCUT2D eigenvalue weighted by molar-refractivity contribution is -0.135. The number of hydrogen-bond acceptors (Lipinski definition) is 2. The van der Waals surface area contributed by atoms with Crippen molar-refractivity contribution in [1.29, 1.82) is 0 Å². The number of halogens is 5. The van der Waals surface area contributed by atoms with Crippen LogP contribution in [-0.2, 0) is 0 Å². The summed E-state index contributed by atoms with van der Waals surface area (Å²) >= 11 is 0. The molecule has 0 aliphatic heterocycles. The van der Waals surface area contributed by atoms with E-state index in [9.17, 15) is 22.0 Å². The van der Waals surface area contributed by atoms with Crippen LogP contribution in [0.1, 0.15) is 0 Å².